The van der Waals surface area contributed by atoms with Crippen molar-refractivity contribution in [3.63, 3.8) is 0 Å². The van der Waals surface area contributed by atoms with Crippen LogP contribution >= 0.6 is 0 Å². The Kier molecular flexibility index (Phi) is 4.73. The highest BCUT2D eigenvalue weighted by Gasteiger charge is 2.13. The number of halogens is 1. The lowest BCUT2D eigenvalue weighted by molar-refractivity contribution is 0.403. The molecule has 0 radical (unpaired) electrons. The van der Waals surface area contributed by atoms with Crippen LogP contribution in [0.5, 0.6) is 0 Å². The molecular formula is C20H21FN4. The number of pyridine rings is 1. The molecule has 4 nitrogen and oxygen atoms in total. The molecule has 128 valence electrons. The Hall–Kier alpha value is -2.84. The molecule has 0 aliphatic heterocycles. The number of H-pyrrole nitrogens is 1. The van der Waals surface area contributed by atoms with Gasteiger partial charge in [-0.05, 0) is 56.4 Å². The van der Waals surface area contributed by atoms with Crippen molar-refractivity contribution in [3.8, 4) is 11.8 Å². The molecular weight excluding hydrogens is 315 g/mol. The third-order valence-corrected chi connectivity index (χ3v) is 3.90. The summed E-state index contributed by atoms with van der Waals surface area (Å²) in [6.45, 7) is 0.639. The van der Waals surface area contributed by atoms with Crippen molar-refractivity contribution in [3.05, 3.63) is 59.2 Å². The van der Waals surface area contributed by atoms with Gasteiger partial charge in [-0.3, -0.25) is 0 Å². The van der Waals surface area contributed by atoms with Crippen molar-refractivity contribution in [2.24, 2.45) is 0 Å². The van der Waals surface area contributed by atoms with E-state index in [-0.39, 0.29) is 0 Å². The number of hydrogen-bond acceptors (Lipinski definition) is 3. The first-order chi connectivity index (χ1) is 11.9. The van der Waals surface area contributed by atoms with E-state index in [2.05, 4.69) is 21.8 Å². The molecule has 0 bridgehead atoms. The van der Waals surface area contributed by atoms with Gasteiger partial charge in [-0.15, -0.1) is 0 Å². The topological polar surface area (TPSA) is 35.2 Å². The zero-order valence-electron chi connectivity index (χ0n) is 14.9. The van der Waals surface area contributed by atoms with Crippen LogP contribution in [0.2, 0.25) is 0 Å². The van der Waals surface area contributed by atoms with Gasteiger partial charge in [0, 0.05) is 37.5 Å². The van der Waals surface area contributed by atoms with Crippen LogP contribution in [0.25, 0.3) is 11.0 Å². The van der Waals surface area contributed by atoms with Crippen LogP contribution in [0.4, 0.5) is 10.1 Å². The lowest BCUT2D eigenvalue weighted by Crippen LogP contribution is -2.11. The second kappa shape index (κ2) is 6.96. The molecule has 0 aliphatic rings. The SMILES string of the molecule is CN(C)Cc1c(C#Cc2ccc(N(C)C)cc2)[nH]c2ccc(F)nc12. The van der Waals surface area contributed by atoms with E-state index >= 15 is 0 Å². The smallest absolute Gasteiger partial charge is 0.213 e. The number of anilines is 1. The van der Waals surface area contributed by atoms with Crippen molar-refractivity contribution >= 4 is 16.7 Å². The molecule has 0 spiro atoms. The van der Waals surface area contributed by atoms with E-state index in [9.17, 15) is 4.39 Å². The molecule has 2 heterocycles. The number of nitrogens with zero attached hydrogens (tertiary/aromatic N) is 3. The Labute approximate surface area is 147 Å². The van der Waals surface area contributed by atoms with Gasteiger partial charge in [0.2, 0.25) is 5.95 Å². The third kappa shape index (κ3) is 3.81. The van der Waals surface area contributed by atoms with Gasteiger partial charge in [0.05, 0.1) is 16.7 Å². The summed E-state index contributed by atoms with van der Waals surface area (Å²) in [7, 11) is 7.94. The minimum absolute atomic E-state index is 0.481. The van der Waals surface area contributed by atoms with Crippen LogP contribution in [0.3, 0.4) is 0 Å². The molecule has 1 N–H and O–H groups in total. The highest BCUT2D eigenvalue weighted by Crippen LogP contribution is 2.22. The standard InChI is InChI=1S/C20H21FN4/c1-24(2)13-16-17(22-18-11-12-19(21)23-20(16)18)10-7-14-5-8-15(9-6-14)25(3)4/h5-6,8-9,11-12,22H,13H2,1-4H3. The molecule has 3 aromatic rings. The van der Waals surface area contributed by atoms with Gasteiger partial charge in [0.25, 0.3) is 0 Å². The summed E-state index contributed by atoms with van der Waals surface area (Å²) in [5, 5.41) is 0. The number of fused-ring (bicyclic) bond motifs is 1. The van der Waals surface area contributed by atoms with E-state index in [0.717, 1.165) is 28.0 Å². The van der Waals surface area contributed by atoms with Gasteiger partial charge in [-0.25, -0.2) is 4.98 Å². The maximum atomic E-state index is 13.5. The van der Waals surface area contributed by atoms with E-state index in [4.69, 9.17) is 0 Å². The van der Waals surface area contributed by atoms with Gasteiger partial charge in [0.15, 0.2) is 0 Å². The summed E-state index contributed by atoms with van der Waals surface area (Å²) in [6.07, 6.45) is 0. The molecule has 3 rings (SSSR count). The molecule has 0 atom stereocenters. The first kappa shape index (κ1) is 17.0. The summed E-state index contributed by atoms with van der Waals surface area (Å²) in [5.41, 5.74) is 5.19. The van der Waals surface area contributed by atoms with Crippen LogP contribution in [-0.4, -0.2) is 43.1 Å². The van der Waals surface area contributed by atoms with Crippen LogP contribution < -0.4 is 4.90 Å². The fourth-order valence-electron chi connectivity index (χ4n) is 2.65. The second-order valence-electron chi connectivity index (χ2n) is 6.44. The van der Waals surface area contributed by atoms with Crippen molar-refractivity contribution in [1.82, 2.24) is 14.9 Å². The Morgan fingerprint density at radius 2 is 1.72 bits per heavy atom. The van der Waals surface area contributed by atoms with Crippen molar-refractivity contribution < 1.29 is 4.39 Å². The second-order valence-corrected chi connectivity index (χ2v) is 6.44. The molecule has 0 aliphatic carbocycles. The molecule has 5 heteroatoms. The van der Waals surface area contributed by atoms with E-state index < -0.39 is 5.95 Å². The van der Waals surface area contributed by atoms with E-state index in [0.29, 0.717) is 12.1 Å². The zero-order valence-corrected chi connectivity index (χ0v) is 14.9. The fraction of sp³-hybridized carbons (Fsp3) is 0.250. The fourth-order valence-corrected chi connectivity index (χ4v) is 2.65. The maximum absolute atomic E-state index is 13.5. The number of rotatable bonds is 3. The lowest BCUT2D eigenvalue weighted by Gasteiger charge is -2.11. The molecule has 0 saturated heterocycles. The molecule has 0 amide bonds. The molecule has 0 unspecified atom stereocenters. The third-order valence-electron chi connectivity index (χ3n) is 3.90. The predicted molar refractivity (Wildman–Crippen MR) is 100 cm³/mol. The monoisotopic (exact) mass is 336 g/mol. The first-order valence-corrected chi connectivity index (χ1v) is 8.05. The summed E-state index contributed by atoms with van der Waals surface area (Å²) < 4.78 is 13.5. The van der Waals surface area contributed by atoms with Gasteiger partial charge < -0.3 is 14.8 Å². The molecule has 0 saturated carbocycles. The Balaban J connectivity index is 2.01. The molecule has 0 fully saturated rings. The van der Waals surface area contributed by atoms with Gasteiger partial charge in [0.1, 0.15) is 0 Å². The Bertz CT molecular complexity index is 943. The van der Waals surface area contributed by atoms with Crippen molar-refractivity contribution in [2.75, 3.05) is 33.1 Å². The van der Waals surface area contributed by atoms with Crippen LogP contribution in [0, 0.1) is 17.8 Å². The average molecular weight is 336 g/mol. The largest absolute Gasteiger partial charge is 0.378 e. The minimum atomic E-state index is -0.481. The van der Waals surface area contributed by atoms with Crippen LogP contribution in [-0.2, 0) is 6.54 Å². The highest BCUT2D eigenvalue weighted by molar-refractivity contribution is 5.82. The van der Waals surface area contributed by atoms with Crippen molar-refractivity contribution in [2.45, 2.75) is 6.54 Å². The molecule has 25 heavy (non-hydrogen) atoms. The summed E-state index contributed by atoms with van der Waals surface area (Å²) in [5.74, 6) is 5.88. The summed E-state index contributed by atoms with van der Waals surface area (Å²) in [4.78, 5) is 11.4. The van der Waals surface area contributed by atoms with Gasteiger partial charge in [-0.2, -0.15) is 4.39 Å². The average Bonchev–Trinajstić information content (AvgIpc) is 2.90. The maximum Gasteiger partial charge on any atom is 0.213 e. The number of benzene rings is 1. The lowest BCUT2D eigenvalue weighted by atomic mass is 10.1. The quantitative estimate of drug-likeness (QED) is 0.589. The van der Waals surface area contributed by atoms with Crippen molar-refractivity contribution in [1.29, 1.82) is 0 Å². The van der Waals surface area contributed by atoms with E-state index in [1.807, 2.05) is 62.3 Å². The Morgan fingerprint density at radius 3 is 2.36 bits per heavy atom. The zero-order chi connectivity index (χ0) is 18.0. The minimum Gasteiger partial charge on any atom is -0.378 e. The summed E-state index contributed by atoms with van der Waals surface area (Å²) >= 11 is 0. The molecule has 1 aromatic carbocycles. The number of nitrogens with one attached hydrogen (secondary N) is 1. The Morgan fingerprint density at radius 1 is 1.00 bits per heavy atom. The molecule has 2 aromatic heterocycles. The van der Waals surface area contributed by atoms with Crippen LogP contribution in [0.1, 0.15) is 16.8 Å². The predicted octanol–water partition coefficient (Wildman–Crippen LogP) is 3.23. The number of hydrogen-bond donors (Lipinski definition) is 1. The summed E-state index contributed by atoms with van der Waals surface area (Å²) in [6, 6.07) is 11.1. The van der Waals surface area contributed by atoms with E-state index in [1.165, 1.54) is 6.07 Å². The number of aromatic amines is 1. The van der Waals surface area contributed by atoms with Crippen LogP contribution in [0.15, 0.2) is 36.4 Å². The van der Waals surface area contributed by atoms with Gasteiger partial charge in [-0.1, -0.05) is 5.92 Å². The highest BCUT2D eigenvalue weighted by atomic mass is 19.1. The normalized spacial score (nSPS) is 10.8. The first-order valence-electron chi connectivity index (χ1n) is 8.05. The van der Waals surface area contributed by atoms with E-state index in [1.54, 1.807) is 6.07 Å². The number of aromatic nitrogens is 2. The van der Waals surface area contributed by atoms with Gasteiger partial charge >= 0.3 is 0 Å².